The molecule has 1 unspecified atom stereocenters. The Balaban J connectivity index is 2.04. The molecule has 2 N–H and O–H groups in total. The van der Waals surface area contributed by atoms with Gasteiger partial charge in [0.2, 0.25) is 0 Å². The second-order valence-corrected chi connectivity index (χ2v) is 4.72. The highest BCUT2D eigenvalue weighted by molar-refractivity contribution is 7.80. The van der Waals surface area contributed by atoms with Crippen LogP contribution in [0.25, 0.3) is 0 Å². The summed E-state index contributed by atoms with van der Waals surface area (Å²) in [7, 11) is 0. The fraction of sp³-hybridized carbons (Fsp3) is 0.462. The van der Waals surface area contributed by atoms with Crippen molar-refractivity contribution in [3.05, 3.63) is 29.6 Å². The predicted octanol–water partition coefficient (Wildman–Crippen LogP) is 2.41. The summed E-state index contributed by atoms with van der Waals surface area (Å²) >= 11 is 4.83. The molecule has 1 aromatic rings. The maximum Gasteiger partial charge on any atom is 0.137 e. The van der Waals surface area contributed by atoms with Gasteiger partial charge in [0.15, 0.2) is 0 Å². The van der Waals surface area contributed by atoms with Crippen LogP contribution < -0.4 is 10.5 Å². The molecule has 0 radical (unpaired) electrons. The summed E-state index contributed by atoms with van der Waals surface area (Å²) in [5.74, 6) is -0.0683. The third kappa shape index (κ3) is 3.17. The molecule has 1 atom stereocenters. The lowest BCUT2D eigenvalue weighted by atomic mass is 10.1. The van der Waals surface area contributed by atoms with E-state index < -0.39 is 5.82 Å². The van der Waals surface area contributed by atoms with E-state index in [2.05, 4.69) is 0 Å². The Labute approximate surface area is 111 Å². The van der Waals surface area contributed by atoms with E-state index in [1.807, 2.05) is 0 Å². The number of hydrogen-bond acceptors (Lipinski definition) is 3. The lowest BCUT2D eigenvalue weighted by Crippen LogP contribution is -2.26. The van der Waals surface area contributed by atoms with Gasteiger partial charge in [-0.2, -0.15) is 0 Å². The highest BCUT2D eigenvalue weighted by Crippen LogP contribution is 2.22. The molecule has 0 bridgehead atoms. The first-order valence-corrected chi connectivity index (χ1v) is 6.42. The van der Waals surface area contributed by atoms with Crippen LogP contribution in [0.4, 0.5) is 4.39 Å². The number of rotatable bonds is 4. The van der Waals surface area contributed by atoms with Crippen LogP contribution in [0.2, 0.25) is 0 Å². The van der Waals surface area contributed by atoms with Crippen LogP contribution in [0.5, 0.6) is 5.75 Å². The molecule has 2 rings (SSSR count). The lowest BCUT2D eigenvalue weighted by molar-refractivity contribution is -0.0111. The highest BCUT2D eigenvalue weighted by atomic mass is 32.1. The monoisotopic (exact) mass is 269 g/mol. The van der Waals surface area contributed by atoms with Crippen molar-refractivity contribution in [2.24, 2.45) is 5.73 Å². The molecule has 98 valence electrons. The van der Waals surface area contributed by atoms with Crippen LogP contribution in [0.15, 0.2) is 18.2 Å². The minimum atomic E-state index is -0.454. The van der Waals surface area contributed by atoms with Crippen LogP contribution in [0.3, 0.4) is 0 Å². The Bertz CT molecular complexity index is 433. The summed E-state index contributed by atoms with van der Waals surface area (Å²) in [4.78, 5) is 0.00709. The maximum atomic E-state index is 13.6. The Morgan fingerprint density at radius 1 is 1.50 bits per heavy atom. The number of thiocarbonyl (C=S) groups is 1. The van der Waals surface area contributed by atoms with E-state index in [0.717, 1.165) is 25.9 Å². The topological polar surface area (TPSA) is 44.5 Å². The van der Waals surface area contributed by atoms with Crippen molar-refractivity contribution < 1.29 is 13.9 Å². The van der Waals surface area contributed by atoms with E-state index in [-0.39, 0.29) is 16.7 Å². The molecule has 0 aromatic heterocycles. The van der Waals surface area contributed by atoms with Gasteiger partial charge in [-0.15, -0.1) is 0 Å². The molecule has 0 amide bonds. The van der Waals surface area contributed by atoms with Crippen molar-refractivity contribution in [2.45, 2.75) is 25.4 Å². The zero-order valence-electron chi connectivity index (χ0n) is 10.0. The highest BCUT2D eigenvalue weighted by Gasteiger charge is 2.17. The largest absolute Gasteiger partial charge is 0.490 e. The number of hydrogen-bond donors (Lipinski definition) is 1. The van der Waals surface area contributed by atoms with Gasteiger partial charge in [-0.05, 0) is 31.4 Å². The Morgan fingerprint density at radius 2 is 2.33 bits per heavy atom. The van der Waals surface area contributed by atoms with Crippen LogP contribution in [-0.4, -0.2) is 24.3 Å². The number of halogens is 1. The zero-order chi connectivity index (χ0) is 13.0. The fourth-order valence-corrected chi connectivity index (χ4v) is 2.18. The Morgan fingerprint density at radius 3 is 3.00 bits per heavy atom. The second kappa shape index (κ2) is 6.11. The SMILES string of the molecule is NC(=S)c1c(F)cccc1OCC1CCCCO1. The van der Waals surface area contributed by atoms with E-state index in [4.69, 9.17) is 27.4 Å². The summed E-state index contributed by atoms with van der Waals surface area (Å²) in [6.45, 7) is 1.17. The van der Waals surface area contributed by atoms with Gasteiger partial charge in [-0.25, -0.2) is 4.39 Å². The van der Waals surface area contributed by atoms with E-state index in [0.29, 0.717) is 12.4 Å². The van der Waals surface area contributed by atoms with Gasteiger partial charge < -0.3 is 15.2 Å². The molecule has 1 heterocycles. The molecule has 0 spiro atoms. The van der Waals surface area contributed by atoms with Gasteiger partial charge >= 0.3 is 0 Å². The standard InChI is InChI=1S/C13H16FNO2S/c14-10-5-3-6-11(12(10)13(15)18)17-8-9-4-1-2-7-16-9/h3,5-6,9H,1-2,4,7-8H2,(H2,15,18). The molecule has 1 aliphatic rings. The van der Waals surface area contributed by atoms with Crippen molar-refractivity contribution in [3.63, 3.8) is 0 Å². The minimum absolute atomic E-state index is 0.00709. The van der Waals surface area contributed by atoms with Crippen LogP contribution >= 0.6 is 12.2 Å². The predicted molar refractivity (Wildman–Crippen MR) is 71.4 cm³/mol. The normalized spacial score (nSPS) is 19.5. The van der Waals surface area contributed by atoms with Crippen molar-refractivity contribution >= 4 is 17.2 Å². The van der Waals surface area contributed by atoms with E-state index in [1.165, 1.54) is 6.07 Å². The van der Waals surface area contributed by atoms with Gasteiger partial charge in [-0.3, -0.25) is 0 Å². The smallest absolute Gasteiger partial charge is 0.137 e. The molecule has 1 aromatic carbocycles. The number of nitrogens with two attached hydrogens (primary N) is 1. The van der Waals surface area contributed by atoms with E-state index in [1.54, 1.807) is 12.1 Å². The minimum Gasteiger partial charge on any atom is -0.490 e. The Hall–Kier alpha value is -1.20. The quantitative estimate of drug-likeness (QED) is 0.853. The first-order valence-electron chi connectivity index (χ1n) is 6.01. The second-order valence-electron chi connectivity index (χ2n) is 4.28. The van der Waals surface area contributed by atoms with Crippen molar-refractivity contribution in [2.75, 3.05) is 13.2 Å². The summed E-state index contributed by atoms with van der Waals surface area (Å²) in [6.07, 6.45) is 3.27. The maximum absolute atomic E-state index is 13.6. The summed E-state index contributed by atoms with van der Waals surface area (Å²) in [6, 6.07) is 4.56. The van der Waals surface area contributed by atoms with Gasteiger partial charge in [0.25, 0.3) is 0 Å². The van der Waals surface area contributed by atoms with Gasteiger partial charge in [0.1, 0.15) is 23.2 Å². The molecule has 0 saturated carbocycles. The Kier molecular flexibility index (Phi) is 4.49. The first-order chi connectivity index (χ1) is 8.68. The molecular formula is C13H16FNO2S. The molecule has 1 saturated heterocycles. The molecule has 1 fully saturated rings. The van der Waals surface area contributed by atoms with E-state index >= 15 is 0 Å². The van der Waals surface area contributed by atoms with Gasteiger partial charge in [0, 0.05) is 6.61 Å². The number of benzene rings is 1. The molecule has 0 aliphatic carbocycles. The number of ether oxygens (including phenoxy) is 2. The molecular weight excluding hydrogens is 253 g/mol. The molecule has 18 heavy (non-hydrogen) atoms. The first kappa shape index (κ1) is 13.2. The summed E-state index contributed by atoms with van der Waals surface area (Å²) in [5, 5.41) is 0. The average molecular weight is 269 g/mol. The van der Waals surface area contributed by atoms with Crippen molar-refractivity contribution in [1.29, 1.82) is 0 Å². The summed E-state index contributed by atoms with van der Waals surface area (Å²) < 4.78 is 24.7. The third-order valence-corrected chi connectivity index (χ3v) is 3.12. The average Bonchev–Trinajstić information content (AvgIpc) is 2.37. The van der Waals surface area contributed by atoms with Gasteiger partial charge in [-0.1, -0.05) is 18.3 Å². The van der Waals surface area contributed by atoms with Crippen LogP contribution in [-0.2, 0) is 4.74 Å². The van der Waals surface area contributed by atoms with Crippen LogP contribution in [0.1, 0.15) is 24.8 Å². The zero-order valence-corrected chi connectivity index (χ0v) is 10.8. The molecule has 5 heteroatoms. The fourth-order valence-electron chi connectivity index (χ4n) is 1.99. The van der Waals surface area contributed by atoms with Gasteiger partial charge in [0.05, 0.1) is 11.7 Å². The van der Waals surface area contributed by atoms with Crippen molar-refractivity contribution in [3.8, 4) is 5.75 Å². The van der Waals surface area contributed by atoms with Crippen LogP contribution in [0, 0.1) is 5.82 Å². The van der Waals surface area contributed by atoms with E-state index in [9.17, 15) is 4.39 Å². The lowest BCUT2D eigenvalue weighted by Gasteiger charge is -2.23. The summed E-state index contributed by atoms with van der Waals surface area (Å²) in [5.41, 5.74) is 5.67. The molecule has 1 aliphatic heterocycles. The third-order valence-electron chi connectivity index (χ3n) is 2.92. The molecule has 3 nitrogen and oxygen atoms in total. The van der Waals surface area contributed by atoms with Crippen molar-refractivity contribution in [1.82, 2.24) is 0 Å².